The molecule has 0 aromatic carbocycles. The smallest absolute Gasteiger partial charge is 0.158 e. The number of Topliss-reactive ketones (excluding diaryl/α,β-unsaturated/α-hetero) is 1. The monoisotopic (exact) mass is 132 g/mol. The summed E-state index contributed by atoms with van der Waals surface area (Å²) in [5.41, 5.74) is 0. The van der Waals surface area contributed by atoms with Gasteiger partial charge in [-0.25, -0.2) is 0 Å². The molecular formula is C7H16O2. The van der Waals surface area contributed by atoms with Crippen LogP contribution in [-0.2, 0) is 9.53 Å². The molecule has 9 heavy (non-hydrogen) atoms. The Morgan fingerprint density at radius 3 is 1.78 bits per heavy atom. The van der Waals surface area contributed by atoms with Crippen LogP contribution in [0.2, 0.25) is 0 Å². The fourth-order valence-corrected chi connectivity index (χ4v) is 0.166. The van der Waals surface area contributed by atoms with Gasteiger partial charge in [0.15, 0.2) is 5.78 Å². The molecule has 2 heteroatoms. The molecule has 0 aromatic rings. The Kier molecular flexibility index (Phi) is 9.69. The lowest BCUT2D eigenvalue weighted by molar-refractivity contribution is -0.125. The molecule has 0 aliphatic rings. The molecule has 56 valence electrons. The normalized spacial score (nSPS) is 11.2. The molecule has 0 saturated heterocycles. The van der Waals surface area contributed by atoms with Gasteiger partial charge in [0, 0.05) is 7.11 Å². The molecule has 0 aromatic heterocycles. The number of carbonyl (C=O) groups excluding carboxylic acids is 1. The number of ketones is 1. The van der Waals surface area contributed by atoms with Crippen LogP contribution in [0.3, 0.4) is 0 Å². The summed E-state index contributed by atoms with van der Waals surface area (Å²) in [7, 11) is 1.52. The average molecular weight is 132 g/mol. The number of methoxy groups -OCH3 is 1. The van der Waals surface area contributed by atoms with E-state index in [4.69, 9.17) is 0 Å². The summed E-state index contributed by atoms with van der Waals surface area (Å²) >= 11 is 0. The first kappa shape index (κ1) is 11.4. The van der Waals surface area contributed by atoms with Crippen molar-refractivity contribution in [1.82, 2.24) is 0 Å². The van der Waals surface area contributed by atoms with E-state index in [1.54, 1.807) is 6.92 Å². The van der Waals surface area contributed by atoms with E-state index in [0.717, 1.165) is 0 Å². The Morgan fingerprint density at radius 2 is 1.78 bits per heavy atom. The first-order valence-electron chi connectivity index (χ1n) is 3.21. The van der Waals surface area contributed by atoms with Crippen molar-refractivity contribution in [3.8, 4) is 0 Å². The van der Waals surface area contributed by atoms with Crippen LogP contribution in [0.15, 0.2) is 0 Å². The molecule has 0 aliphatic heterocycles. The van der Waals surface area contributed by atoms with Gasteiger partial charge in [-0.1, -0.05) is 13.8 Å². The lowest BCUT2D eigenvalue weighted by Gasteiger charge is -2.00. The maximum absolute atomic E-state index is 10.2. The van der Waals surface area contributed by atoms with E-state index in [1.165, 1.54) is 14.0 Å². The minimum absolute atomic E-state index is 0.0718. The summed E-state index contributed by atoms with van der Waals surface area (Å²) in [5, 5.41) is 0. The van der Waals surface area contributed by atoms with Crippen LogP contribution >= 0.6 is 0 Å². The highest BCUT2D eigenvalue weighted by atomic mass is 16.5. The number of hydrogen-bond acceptors (Lipinski definition) is 2. The van der Waals surface area contributed by atoms with E-state index in [-0.39, 0.29) is 11.9 Å². The van der Waals surface area contributed by atoms with Gasteiger partial charge in [0.05, 0.1) is 0 Å². The summed E-state index contributed by atoms with van der Waals surface area (Å²) in [6.07, 6.45) is -0.236. The van der Waals surface area contributed by atoms with E-state index in [2.05, 4.69) is 4.74 Å². The zero-order valence-electron chi connectivity index (χ0n) is 6.89. The van der Waals surface area contributed by atoms with Crippen molar-refractivity contribution in [2.24, 2.45) is 0 Å². The first-order chi connectivity index (χ1) is 4.18. The predicted molar refractivity (Wildman–Crippen MR) is 38.5 cm³/mol. The Bertz CT molecular complexity index is 69.3. The molecule has 0 aliphatic carbocycles. The average Bonchev–Trinajstić information content (AvgIpc) is 1.91. The summed E-state index contributed by atoms with van der Waals surface area (Å²) in [5.74, 6) is 0.0718. The van der Waals surface area contributed by atoms with Gasteiger partial charge in [-0.05, 0) is 13.8 Å². The maximum Gasteiger partial charge on any atom is 0.158 e. The zero-order chi connectivity index (χ0) is 7.86. The minimum Gasteiger partial charge on any atom is -0.374 e. The fourth-order valence-electron chi connectivity index (χ4n) is 0.166. The van der Waals surface area contributed by atoms with E-state index in [0.29, 0.717) is 0 Å². The van der Waals surface area contributed by atoms with E-state index in [9.17, 15) is 4.79 Å². The molecule has 0 saturated carbocycles. The molecule has 0 radical (unpaired) electrons. The van der Waals surface area contributed by atoms with Gasteiger partial charge >= 0.3 is 0 Å². The summed E-state index contributed by atoms with van der Waals surface area (Å²) in [4.78, 5) is 10.2. The van der Waals surface area contributed by atoms with Gasteiger partial charge in [0.25, 0.3) is 0 Å². The van der Waals surface area contributed by atoms with Gasteiger partial charge < -0.3 is 4.74 Å². The first-order valence-corrected chi connectivity index (χ1v) is 3.21. The van der Waals surface area contributed by atoms with Gasteiger partial charge in [-0.2, -0.15) is 0 Å². The Hall–Kier alpha value is -0.370. The van der Waals surface area contributed by atoms with Crippen LogP contribution in [0.1, 0.15) is 27.7 Å². The lowest BCUT2D eigenvalue weighted by atomic mass is 10.3. The van der Waals surface area contributed by atoms with Crippen LogP contribution in [0.5, 0.6) is 0 Å². The van der Waals surface area contributed by atoms with Gasteiger partial charge in [-0.15, -0.1) is 0 Å². The van der Waals surface area contributed by atoms with Crippen molar-refractivity contribution in [2.45, 2.75) is 33.8 Å². The molecular weight excluding hydrogens is 116 g/mol. The molecule has 0 heterocycles. The molecule has 0 rings (SSSR count). The standard InChI is InChI=1S/C5H10O2.C2H6/c1-4(6)5(2)7-3;1-2/h5H,1-3H3;1-2H3/t5-;/m0./s1. The third kappa shape index (κ3) is 7.63. The van der Waals surface area contributed by atoms with Crippen LogP contribution in [0, 0.1) is 0 Å². The third-order valence-corrected chi connectivity index (χ3v) is 0.926. The second-order valence-corrected chi connectivity index (χ2v) is 1.49. The highest BCUT2D eigenvalue weighted by Gasteiger charge is 2.01. The number of rotatable bonds is 2. The van der Waals surface area contributed by atoms with Crippen molar-refractivity contribution in [3.05, 3.63) is 0 Å². The van der Waals surface area contributed by atoms with Crippen molar-refractivity contribution >= 4 is 5.78 Å². The van der Waals surface area contributed by atoms with Crippen molar-refractivity contribution in [2.75, 3.05) is 7.11 Å². The Labute approximate surface area is 57.2 Å². The SMILES string of the molecule is CC.CO[C@@H](C)C(C)=O. The maximum atomic E-state index is 10.2. The van der Waals surface area contributed by atoms with Gasteiger partial charge in [0.1, 0.15) is 6.10 Å². The van der Waals surface area contributed by atoms with Crippen LogP contribution < -0.4 is 0 Å². The molecule has 0 unspecified atom stereocenters. The topological polar surface area (TPSA) is 26.3 Å². The van der Waals surface area contributed by atoms with E-state index < -0.39 is 0 Å². The van der Waals surface area contributed by atoms with Crippen LogP contribution in [0.25, 0.3) is 0 Å². The summed E-state index contributed by atoms with van der Waals surface area (Å²) in [6, 6.07) is 0. The van der Waals surface area contributed by atoms with Crippen molar-refractivity contribution in [1.29, 1.82) is 0 Å². The van der Waals surface area contributed by atoms with Gasteiger partial charge in [0.2, 0.25) is 0 Å². The molecule has 0 fully saturated rings. The van der Waals surface area contributed by atoms with Gasteiger partial charge in [-0.3, -0.25) is 4.79 Å². The summed E-state index contributed by atoms with van der Waals surface area (Å²) in [6.45, 7) is 7.23. The Morgan fingerprint density at radius 1 is 1.44 bits per heavy atom. The van der Waals surface area contributed by atoms with Crippen LogP contribution in [-0.4, -0.2) is 19.0 Å². The minimum atomic E-state index is -0.236. The molecule has 2 nitrogen and oxygen atoms in total. The third-order valence-electron chi connectivity index (χ3n) is 0.926. The predicted octanol–water partition coefficient (Wildman–Crippen LogP) is 1.64. The second-order valence-electron chi connectivity index (χ2n) is 1.49. The number of hydrogen-bond donors (Lipinski definition) is 0. The second kappa shape index (κ2) is 7.63. The molecule has 0 spiro atoms. The molecule has 0 amide bonds. The Balaban J connectivity index is 0. The quantitative estimate of drug-likeness (QED) is 0.571. The van der Waals surface area contributed by atoms with Crippen molar-refractivity contribution in [3.63, 3.8) is 0 Å². The van der Waals surface area contributed by atoms with Crippen molar-refractivity contribution < 1.29 is 9.53 Å². The highest BCUT2D eigenvalue weighted by Crippen LogP contribution is 1.85. The molecule has 0 N–H and O–H groups in total. The fraction of sp³-hybridized carbons (Fsp3) is 0.857. The lowest BCUT2D eigenvalue weighted by Crippen LogP contribution is -2.14. The van der Waals surface area contributed by atoms with Crippen LogP contribution in [0.4, 0.5) is 0 Å². The zero-order valence-corrected chi connectivity index (χ0v) is 6.89. The molecule has 0 bridgehead atoms. The molecule has 1 atom stereocenters. The largest absolute Gasteiger partial charge is 0.374 e. The highest BCUT2D eigenvalue weighted by molar-refractivity contribution is 5.79. The van der Waals surface area contributed by atoms with E-state index in [1.807, 2.05) is 13.8 Å². The van der Waals surface area contributed by atoms with E-state index >= 15 is 0 Å². The number of carbonyl (C=O) groups is 1. The number of ether oxygens (including phenoxy) is 1. The summed E-state index contributed by atoms with van der Waals surface area (Å²) < 4.78 is 4.66.